The van der Waals surface area contributed by atoms with Crippen molar-refractivity contribution in [2.24, 2.45) is 11.3 Å². The second kappa shape index (κ2) is 6.56. The van der Waals surface area contributed by atoms with Crippen molar-refractivity contribution >= 4 is 22.8 Å². The number of methoxy groups -OCH3 is 1. The van der Waals surface area contributed by atoms with E-state index in [1.54, 1.807) is 18.1 Å². The van der Waals surface area contributed by atoms with Gasteiger partial charge in [-0.2, -0.15) is 0 Å². The first-order valence-electron chi connectivity index (χ1n) is 9.31. The van der Waals surface area contributed by atoms with Crippen LogP contribution < -0.4 is 4.74 Å². The number of H-pyrrole nitrogens is 1. The Labute approximate surface area is 156 Å². The summed E-state index contributed by atoms with van der Waals surface area (Å²) in [6.45, 7) is 0.373. The number of likely N-dealkylation sites (tertiary alicyclic amines) is 1. The Morgan fingerprint density at radius 1 is 1.33 bits per heavy atom. The van der Waals surface area contributed by atoms with Gasteiger partial charge in [0.25, 0.3) is 5.91 Å². The zero-order chi connectivity index (χ0) is 19.2. The van der Waals surface area contributed by atoms with Crippen LogP contribution in [0.1, 0.15) is 36.2 Å². The van der Waals surface area contributed by atoms with Crippen molar-refractivity contribution in [2.45, 2.75) is 31.8 Å². The minimum absolute atomic E-state index is 0.0331. The Hall–Kier alpha value is -2.54. The normalized spacial score (nSPS) is 25.6. The number of carbonyl (C=O) groups is 2. The summed E-state index contributed by atoms with van der Waals surface area (Å²) in [7, 11) is 1.58. The molecule has 1 aromatic heterocycles. The molecular weight excluding hydrogens is 348 g/mol. The number of hydrogen-bond donors (Lipinski definition) is 3. The zero-order valence-corrected chi connectivity index (χ0v) is 15.3. The summed E-state index contributed by atoms with van der Waals surface area (Å²) >= 11 is 0. The summed E-state index contributed by atoms with van der Waals surface area (Å²) in [5.41, 5.74) is -0.0903. The molecule has 1 saturated carbocycles. The number of carboxylic acids is 1. The smallest absolute Gasteiger partial charge is 0.314 e. The maximum atomic E-state index is 13.1. The number of nitrogens with one attached hydrogen (secondary N) is 1. The van der Waals surface area contributed by atoms with Gasteiger partial charge in [-0.1, -0.05) is 18.9 Å². The number of aliphatic carboxylic acids is 1. The summed E-state index contributed by atoms with van der Waals surface area (Å²) < 4.78 is 5.34. The fourth-order valence-corrected chi connectivity index (χ4v) is 4.18. The summed E-state index contributed by atoms with van der Waals surface area (Å²) in [5, 5.41) is 21.2. The molecule has 7 heteroatoms. The molecule has 144 valence electrons. The number of aliphatic hydroxyl groups excluding tert-OH is 1. The fourth-order valence-electron chi connectivity index (χ4n) is 4.18. The number of amides is 1. The molecule has 2 atom stereocenters. The first kappa shape index (κ1) is 17.9. The third kappa shape index (κ3) is 3.06. The standard InChI is InChI=1S/C20H24N2O5/c1-27-16-4-2-3-14-13(16)9-15(21-14)18(24)22-8-7-17(23)20(11-22,19(25)26)10-12-5-6-12/h2-4,9,12,17,21,23H,5-8,10-11H2,1H3,(H,25,26)/t17-,20+/m0/s1. The lowest BCUT2D eigenvalue weighted by Crippen LogP contribution is -2.57. The highest BCUT2D eigenvalue weighted by Gasteiger charge is 2.52. The molecular formula is C20H24N2O5. The van der Waals surface area contributed by atoms with Crippen LogP contribution in [0.3, 0.4) is 0 Å². The zero-order valence-electron chi connectivity index (χ0n) is 15.3. The molecule has 2 fully saturated rings. The first-order chi connectivity index (χ1) is 12.9. The van der Waals surface area contributed by atoms with Gasteiger partial charge in [0.15, 0.2) is 0 Å². The van der Waals surface area contributed by atoms with Crippen LogP contribution in [0.4, 0.5) is 0 Å². The molecule has 27 heavy (non-hydrogen) atoms. The third-order valence-corrected chi connectivity index (χ3v) is 5.92. The van der Waals surface area contributed by atoms with Gasteiger partial charge >= 0.3 is 5.97 Å². The van der Waals surface area contributed by atoms with Crippen molar-refractivity contribution < 1.29 is 24.5 Å². The van der Waals surface area contributed by atoms with Crippen LogP contribution in [-0.4, -0.2) is 58.3 Å². The van der Waals surface area contributed by atoms with Gasteiger partial charge in [-0.3, -0.25) is 9.59 Å². The van der Waals surface area contributed by atoms with Gasteiger partial charge in [-0.15, -0.1) is 0 Å². The van der Waals surface area contributed by atoms with Crippen LogP contribution in [0.5, 0.6) is 5.75 Å². The number of carbonyl (C=O) groups excluding carboxylic acids is 1. The molecule has 0 bridgehead atoms. The van der Waals surface area contributed by atoms with Crippen molar-refractivity contribution in [2.75, 3.05) is 20.2 Å². The van der Waals surface area contributed by atoms with Gasteiger partial charge < -0.3 is 24.8 Å². The highest BCUT2D eigenvalue weighted by molar-refractivity contribution is 6.00. The quantitative estimate of drug-likeness (QED) is 0.747. The highest BCUT2D eigenvalue weighted by atomic mass is 16.5. The Balaban J connectivity index is 1.62. The molecule has 1 amide bonds. The SMILES string of the molecule is COc1cccc2[nH]c(C(=O)N3CC[C@H](O)[C@](CC4CC4)(C(=O)O)C3)cc12. The van der Waals surface area contributed by atoms with Crippen LogP contribution in [0.2, 0.25) is 0 Å². The van der Waals surface area contributed by atoms with E-state index < -0.39 is 17.5 Å². The lowest BCUT2D eigenvalue weighted by molar-refractivity contribution is -0.163. The molecule has 2 heterocycles. The summed E-state index contributed by atoms with van der Waals surface area (Å²) in [5.74, 6) is -0.257. The van der Waals surface area contributed by atoms with Crippen molar-refractivity contribution in [1.29, 1.82) is 0 Å². The average Bonchev–Trinajstić information content (AvgIpc) is 3.36. The predicted molar refractivity (Wildman–Crippen MR) is 98.8 cm³/mol. The van der Waals surface area contributed by atoms with Crippen LogP contribution in [0.15, 0.2) is 24.3 Å². The molecule has 1 aromatic carbocycles. The van der Waals surface area contributed by atoms with Crippen molar-refractivity contribution in [3.63, 3.8) is 0 Å². The van der Waals surface area contributed by atoms with Crippen LogP contribution in [0.25, 0.3) is 10.9 Å². The monoisotopic (exact) mass is 372 g/mol. The van der Waals surface area contributed by atoms with Gasteiger partial charge in [-0.05, 0) is 37.0 Å². The second-order valence-electron chi connectivity index (χ2n) is 7.74. The Bertz CT molecular complexity index is 888. The number of rotatable bonds is 5. The minimum Gasteiger partial charge on any atom is -0.496 e. The first-order valence-corrected chi connectivity index (χ1v) is 9.31. The summed E-state index contributed by atoms with van der Waals surface area (Å²) in [4.78, 5) is 29.8. The lowest BCUT2D eigenvalue weighted by Gasteiger charge is -2.43. The second-order valence-corrected chi connectivity index (χ2v) is 7.74. The largest absolute Gasteiger partial charge is 0.496 e. The average molecular weight is 372 g/mol. The van der Waals surface area contributed by atoms with Crippen LogP contribution >= 0.6 is 0 Å². The minimum atomic E-state index is -1.28. The molecule has 1 saturated heterocycles. The molecule has 1 aliphatic heterocycles. The number of aromatic amines is 1. The highest BCUT2D eigenvalue weighted by Crippen LogP contribution is 2.45. The van der Waals surface area contributed by atoms with E-state index in [9.17, 15) is 19.8 Å². The van der Waals surface area contributed by atoms with E-state index in [0.29, 0.717) is 30.3 Å². The molecule has 1 aliphatic carbocycles. The molecule has 2 aromatic rings. The predicted octanol–water partition coefficient (Wildman–Crippen LogP) is 2.25. The maximum Gasteiger partial charge on any atom is 0.314 e. The number of ether oxygens (including phenoxy) is 1. The number of aromatic nitrogens is 1. The molecule has 4 rings (SSSR count). The Morgan fingerprint density at radius 2 is 2.11 bits per heavy atom. The Morgan fingerprint density at radius 3 is 2.78 bits per heavy atom. The van der Waals surface area contributed by atoms with Crippen LogP contribution in [0, 0.1) is 11.3 Å². The fraction of sp³-hybridized carbons (Fsp3) is 0.500. The molecule has 0 spiro atoms. The van der Waals surface area contributed by atoms with E-state index in [0.717, 1.165) is 23.7 Å². The van der Waals surface area contributed by atoms with Gasteiger partial charge in [0.1, 0.15) is 16.9 Å². The van der Waals surface area contributed by atoms with E-state index in [-0.39, 0.29) is 18.9 Å². The summed E-state index contributed by atoms with van der Waals surface area (Å²) in [6.07, 6.45) is 1.76. The van der Waals surface area contributed by atoms with Gasteiger partial charge in [-0.25, -0.2) is 0 Å². The maximum absolute atomic E-state index is 13.1. The number of piperidine rings is 1. The van der Waals surface area contributed by atoms with Crippen molar-refractivity contribution in [3.05, 3.63) is 30.0 Å². The van der Waals surface area contributed by atoms with E-state index in [1.807, 2.05) is 18.2 Å². The number of fused-ring (bicyclic) bond motifs is 1. The third-order valence-electron chi connectivity index (χ3n) is 5.92. The number of benzene rings is 1. The molecule has 2 aliphatic rings. The van der Waals surface area contributed by atoms with E-state index in [2.05, 4.69) is 4.98 Å². The summed E-state index contributed by atoms with van der Waals surface area (Å²) in [6, 6.07) is 7.27. The van der Waals surface area contributed by atoms with Gasteiger partial charge in [0, 0.05) is 24.0 Å². The Kier molecular flexibility index (Phi) is 4.34. The molecule has 0 radical (unpaired) electrons. The van der Waals surface area contributed by atoms with E-state index in [4.69, 9.17) is 4.74 Å². The molecule has 0 unspecified atom stereocenters. The van der Waals surface area contributed by atoms with Gasteiger partial charge in [0.05, 0.1) is 13.2 Å². The van der Waals surface area contributed by atoms with Crippen molar-refractivity contribution in [1.82, 2.24) is 9.88 Å². The number of nitrogens with zero attached hydrogens (tertiary/aromatic N) is 1. The van der Waals surface area contributed by atoms with E-state index in [1.165, 1.54) is 0 Å². The van der Waals surface area contributed by atoms with E-state index >= 15 is 0 Å². The molecule has 3 N–H and O–H groups in total. The van der Waals surface area contributed by atoms with Gasteiger partial charge in [0.2, 0.25) is 0 Å². The topological polar surface area (TPSA) is 103 Å². The van der Waals surface area contributed by atoms with Crippen LogP contribution in [-0.2, 0) is 4.79 Å². The number of aliphatic hydroxyl groups is 1. The number of hydrogen-bond acceptors (Lipinski definition) is 4. The van der Waals surface area contributed by atoms with Crippen molar-refractivity contribution in [3.8, 4) is 5.75 Å². The molecule has 7 nitrogen and oxygen atoms in total. The number of carboxylic acid groups (broad SMARTS) is 1. The lowest BCUT2D eigenvalue weighted by atomic mass is 9.73.